The summed E-state index contributed by atoms with van der Waals surface area (Å²) < 4.78 is 98.2. The van der Waals surface area contributed by atoms with Crippen LogP contribution in [-0.2, 0) is 0 Å². The van der Waals surface area contributed by atoms with Crippen LogP contribution in [0.4, 0.5) is 35.1 Å². The number of hydrogen-bond donors (Lipinski definition) is 0. The van der Waals surface area contributed by atoms with Crippen LogP contribution < -0.4 is 0 Å². The molecule has 0 atom stereocenters. The summed E-state index contributed by atoms with van der Waals surface area (Å²) in [4.78, 5) is 10.8. The van der Waals surface area contributed by atoms with Gasteiger partial charge in [0.1, 0.15) is 0 Å². The summed E-state index contributed by atoms with van der Waals surface area (Å²) in [5.74, 6) is -14.9. The van der Waals surface area contributed by atoms with E-state index in [2.05, 4.69) is 0 Å². The third kappa shape index (κ3) is 2.29. The van der Waals surface area contributed by atoms with Gasteiger partial charge in [-0.3, -0.25) is 4.79 Å². The normalized spacial score (nSPS) is 12.7. The van der Waals surface area contributed by atoms with Crippen LogP contribution in [0.15, 0.2) is 12.1 Å². The second kappa shape index (κ2) is 4.21. The molecule has 1 aromatic rings. The molecule has 1 rings (SSSR count). The fraction of sp³-hybridized carbons (Fsp3) is 0.222. The van der Waals surface area contributed by atoms with Gasteiger partial charge >= 0.3 is 12.1 Å². The number of alkyl halides is 5. The number of halogens is 8. The van der Waals surface area contributed by atoms with E-state index in [-0.39, 0.29) is 12.1 Å². The lowest BCUT2D eigenvalue weighted by atomic mass is 10.0. The summed E-state index contributed by atoms with van der Waals surface area (Å²) >= 11 is 0. The van der Waals surface area contributed by atoms with Crippen LogP contribution in [0.2, 0.25) is 0 Å². The minimum atomic E-state index is -6.22. The van der Waals surface area contributed by atoms with Crippen molar-refractivity contribution in [3.05, 3.63) is 35.1 Å². The first kappa shape index (κ1) is 14.4. The summed E-state index contributed by atoms with van der Waals surface area (Å²) in [6.07, 6.45) is -6.22. The van der Waals surface area contributed by atoms with Gasteiger partial charge in [0.2, 0.25) is 5.78 Å². The number of Topliss-reactive ketones (excluding diaryl/α,β-unsaturated/α-hetero) is 1. The van der Waals surface area contributed by atoms with E-state index in [1.54, 1.807) is 0 Å². The molecule has 0 saturated carbocycles. The van der Waals surface area contributed by atoms with Crippen molar-refractivity contribution < 1.29 is 39.9 Å². The average Bonchev–Trinajstić information content (AvgIpc) is 2.22. The van der Waals surface area contributed by atoms with E-state index < -0.39 is 40.9 Å². The summed E-state index contributed by atoms with van der Waals surface area (Å²) in [6.45, 7) is 0. The lowest BCUT2D eigenvalue weighted by Crippen LogP contribution is -2.44. The quantitative estimate of drug-likeness (QED) is 0.460. The van der Waals surface area contributed by atoms with Gasteiger partial charge in [-0.2, -0.15) is 22.0 Å². The largest absolute Gasteiger partial charge is 0.461 e. The van der Waals surface area contributed by atoms with Crippen LogP contribution in [-0.4, -0.2) is 17.9 Å². The molecule has 0 unspecified atom stereocenters. The molecule has 18 heavy (non-hydrogen) atoms. The first-order valence-corrected chi connectivity index (χ1v) is 4.12. The number of benzene rings is 1. The number of ketones is 1. The Hall–Kier alpha value is -1.67. The molecule has 0 aliphatic rings. The van der Waals surface area contributed by atoms with Crippen molar-refractivity contribution in [2.75, 3.05) is 0 Å². The van der Waals surface area contributed by atoms with Crippen LogP contribution in [0.3, 0.4) is 0 Å². The van der Waals surface area contributed by atoms with E-state index >= 15 is 0 Å². The van der Waals surface area contributed by atoms with E-state index in [4.69, 9.17) is 0 Å². The maximum Gasteiger partial charge on any atom is 0.461 e. The Morgan fingerprint density at radius 2 is 1.28 bits per heavy atom. The third-order valence-electron chi connectivity index (χ3n) is 1.89. The zero-order valence-corrected chi connectivity index (χ0v) is 8.09. The van der Waals surface area contributed by atoms with E-state index in [0.717, 1.165) is 0 Å². The SMILES string of the molecule is O=C(c1cc(F)c(F)c(F)c1)C(F)(F)C(F)(F)F. The number of carbonyl (C=O) groups is 1. The molecule has 0 N–H and O–H groups in total. The maximum atomic E-state index is 12.6. The molecule has 0 aliphatic carbocycles. The lowest BCUT2D eigenvalue weighted by molar-refractivity contribution is -0.255. The van der Waals surface area contributed by atoms with Crippen LogP contribution in [0.25, 0.3) is 0 Å². The van der Waals surface area contributed by atoms with E-state index in [1.165, 1.54) is 0 Å². The Kier molecular flexibility index (Phi) is 3.37. The van der Waals surface area contributed by atoms with E-state index in [1.807, 2.05) is 0 Å². The summed E-state index contributed by atoms with van der Waals surface area (Å²) in [5.41, 5.74) is -1.62. The Morgan fingerprint density at radius 1 is 0.889 bits per heavy atom. The van der Waals surface area contributed by atoms with Crippen molar-refractivity contribution >= 4 is 5.78 Å². The second-order valence-electron chi connectivity index (χ2n) is 3.16. The van der Waals surface area contributed by atoms with Gasteiger partial charge in [0.05, 0.1) is 0 Å². The molecular weight excluding hydrogens is 276 g/mol. The molecular formula is C9H2F8O. The predicted molar refractivity (Wildman–Crippen MR) is 41.6 cm³/mol. The van der Waals surface area contributed by atoms with Gasteiger partial charge in [-0.1, -0.05) is 0 Å². The number of hydrogen-bond acceptors (Lipinski definition) is 1. The van der Waals surface area contributed by atoms with Gasteiger partial charge in [0, 0.05) is 5.56 Å². The zero-order chi connectivity index (χ0) is 14.3. The molecule has 0 fully saturated rings. The van der Waals surface area contributed by atoms with Crippen LogP contribution in [0.5, 0.6) is 0 Å². The summed E-state index contributed by atoms with van der Waals surface area (Å²) in [6, 6.07) is -0.471. The fourth-order valence-corrected chi connectivity index (χ4v) is 0.997. The monoisotopic (exact) mass is 278 g/mol. The highest BCUT2D eigenvalue weighted by atomic mass is 19.4. The molecule has 0 saturated heterocycles. The van der Waals surface area contributed by atoms with Gasteiger partial charge in [0.25, 0.3) is 0 Å². The fourth-order valence-electron chi connectivity index (χ4n) is 0.997. The highest BCUT2D eigenvalue weighted by Gasteiger charge is 2.63. The number of rotatable bonds is 2. The highest BCUT2D eigenvalue weighted by molar-refractivity contribution is 6.01. The predicted octanol–water partition coefficient (Wildman–Crippen LogP) is 3.48. The van der Waals surface area contributed by atoms with Crippen LogP contribution >= 0.6 is 0 Å². The number of carbonyl (C=O) groups excluding carboxylic acids is 1. The van der Waals surface area contributed by atoms with Crippen molar-refractivity contribution in [1.29, 1.82) is 0 Å². The molecule has 100 valence electrons. The van der Waals surface area contributed by atoms with Gasteiger partial charge < -0.3 is 0 Å². The second-order valence-corrected chi connectivity index (χ2v) is 3.16. The highest BCUT2D eigenvalue weighted by Crippen LogP contribution is 2.38. The average molecular weight is 278 g/mol. The Morgan fingerprint density at radius 3 is 1.61 bits per heavy atom. The summed E-state index contributed by atoms with van der Waals surface area (Å²) in [5, 5.41) is 0. The molecule has 1 nitrogen and oxygen atoms in total. The molecule has 9 heteroatoms. The standard InChI is InChI=1S/C9H2F8O/c10-4-1-3(2-5(11)6(4)12)7(18)8(13,14)9(15,16)17/h1-2H. The lowest BCUT2D eigenvalue weighted by Gasteiger charge is -2.18. The molecule has 0 amide bonds. The molecule has 0 heterocycles. The van der Waals surface area contributed by atoms with Crippen LogP contribution in [0.1, 0.15) is 10.4 Å². The van der Waals surface area contributed by atoms with E-state index in [0.29, 0.717) is 0 Å². The van der Waals surface area contributed by atoms with Gasteiger partial charge in [-0.15, -0.1) is 0 Å². The first-order chi connectivity index (χ1) is 7.98. The first-order valence-electron chi connectivity index (χ1n) is 4.12. The molecule has 0 spiro atoms. The van der Waals surface area contributed by atoms with Crippen molar-refractivity contribution in [3.8, 4) is 0 Å². The minimum Gasteiger partial charge on any atom is -0.287 e. The maximum absolute atomic E-state index is 12.6. The van der Waals surface area contributed by atoms with Crippen LogP contribution in [0, 0.1) is 17.5 Å². The molecule has 1 aromatic carbocycles. The Bertz CT molecular complexity index is 467. The Labute approximate surface area is 94.0 Å². The smallest absolute Gasteiger partial charge is 0.287 e. The van der Waals surface area contributed by atoms with Gasteiger partial charge in [-0.05, 0) is 12.1 Å². The van der Waals surface area contributed by atoms with Gasteiger partial charge in [0.15, 0.2) is 17.5 Å². The zero-order valence-electron chi connectivity index (χ0n) is 8.09. The third-order valence-corrected chi connectivity index (χ3v) is 1.89. The van der Waals surface area contributed by atoms with Crippen molar-refractivity contribution in [3.63, 3.8) is 0 Å². The molecule has 0 aliphatic heterocycles. The molecule has 0 aromatic heterocycles. The molecule has 0 bridgehead atoms. The van der Waals surface area contributed by atoms with Crippen molar-refractivity contribution in [1.82, 2.24) is 0 Å². The summed E-state index contributed by atoms with van der Waals surface area (Å²) in [7, 11) is 0. The van der Waals surface area contributed by atoms with E-state index in [9.17, 15) is 39.9 Å². The van der Waals surface area contributed by atoms with Gasteiger partial charge in [-0.25, -0.2) is 13.2 Å². The minimum absolute atomic E-state index is 0.236. The Balaban J connectivity index is 3.29. The molecule has 0 radical (unpaired) electrons. The topological polar surface area (TPSA) is 17.1 Å². The van der Waals surface area contributed by atoms with Crippen molar-refractivity contribution in [2.24, 2.45) is 0 Å². The van der Waals surface area contributed by atoms with Crippen molar-refractivity contribution in [2.45, 2.75) is 12.1 Å².